The van der Waals surface area contributed by atoms with E-state index in [1.165, 1.54) is 0 Å². The van der Waals surface area contributed by atoms with E-state index >= 15 is 0 Å². The Kier molecular flexibility index (Phi) is 10.5. The van der Waals surface area contributed by atoms with Gasteiger partial charge in [0.05, 0.1) is 14.1 Å². The number of aryl methyl sites for hydroxylation is 6. The maximum absolute atomic E-state index is 10.8. The SMILES string of the molecule is Cc1ccc(P(=N)(c2ccc(C)cc2)c2ccc(C)cc2C(Oc2ccccc2)c2cc(C)ccc2P(=N)(c2ccc(C)cc2)c2ccc(C)cc2)cc1. The standard InChI is InChI=1S/C49H48N2OP2/c1-34-12-22-41(23-13-34)53(50,42-24-14-35(2)15-25-42)47-30-20-38(5)32-45(47)49(52-40-10-8-7-9-11-40)46-33-39(6)21-31-48(46)54(51,43-26-16-36(3)17-27-43)44-28-18-37(4)19-29-44/h7-33,49-51H,1-6H3. The van der Waals surface area contributed by atoms with E-state index in [2.05, 4.69) is 175 Å². The van der Waals surface area contributed by atoms with Crippen molar-refractivity contribution in [1.29, 1.82) is 10.3 Å². The summed E-state index contributed by atoms with van der Waals surface area (Å²) in [5, 5.41) is 27.4. The molecule has 7 aromatic carbocycles. The van der Waals surface area contributed by atoms with Gasteiger partial charge in [-0.1, -0.05) is 185 Å². The van der Waals surface area contributed by atoms with Gasteiger partial charge in [-0.05, 0) is 74.9 Å². The molecule has 2 N–H and O–H groups in total. The highest BCUT2D eigenvalue weighted by Gasteiger charge is 2.36. The van der Waals surface area contributed by atoms with Crippen molar-refractivity contribution in [3.63, 3.8) is 0 Å². The topological polar surface area (TPSA) is 56.9 Å². The van der Waals surface area contributed by atoms with E-state index in [9.17, 15) is 10.3 Å². The monoisotopic (exact) mass is 742 g/mol. The van der Waals surface area contributed by atoms with Gasteiger partial charge in [0.2, 0.25) is 0 Å². The summed E-state index contributed by atoms with van der Waals surface area (Å²) in [5.74, 6) is 0.738. The van der Waals surface area contributed by atoms with Gasteiger partial charge in [0.1, 0.15) is 5.75 Å². The molecule has 0 fully saturated rings. The minimum atomic E-state index is -2.97. The van der Waals surface area contributed by atoms with E-state index < -0.39 is 20.2 Å². The van der Waals surface area contributed by atoms with E-state index in [1.807, 2.05) is 30.3 Å². The minimum Gasteiger partial charge on any atom is -0.481 e. The molecule has 3 nitrogen and oxygen atoms in total. The van der Waals surface area contributed by atoms with Crippen LogP contribution in [0.4, 0.5) is 0 Å². The van der Waals surface area contributed by atoms with Gasteiger partial charge in [0, 0.05) is 21.7 Å². The lowest BCUT2D eigenvalue weighted by molar-refractivity contribution is 0.249. The van der Waals surface area contributed by atoms with E-state index in [0.29, 0.717) is 0 Å². The van der Waals surface area contributed by atoms with Crippen LogP contribution in [0.25, 0.3) is 0 Å². The summed E-state index contributed by atoms with van der Waals surface area (Å²) in [4.78, 5) is 0. The van der Waals surface area contributed by atoms with Gasteiger partial charge < -0.3 is 15.1 Å². The highest BCUT2D eigenvalue weighted by molar-refractivity contribution is 7.86. The Morgan fingerprint density at radius 1 is 0.370 bits per heavy atom. The molecule has 0 aliphatic rings. The molecule has 54 heavy (non-hydrogen) atoms. The number of hydrogen-bond donors (Lipinski definition) is 2. The summed E-state index contributed by atoms with van der Waals surface area (Å²) < 4.78 is 7.26. The summed E-state index contributed by atoms with van der Waals surface area (Å²) >= 11 is 0. The molecule has 0 aliphatic carbocycles. The van der Waals surface area contributed by atoms with Crippen LogP contribution < -0.4 is 36.6 Å². The number of para-hydroxylation sites is 1. The molecule has 0 saturated carbocycles. The molecule has 7 aromatic rings. The third-order valence-corrected chi connectivity index (χ3v) is 16.9. The lowest BCUT2D eigenvalue weighted by atomic mass is 9.98. The molecule has 7 rings (SSSR count). The zero-order chi connectivity index (χ0) is 38.0. The Morgan fingerprint density at radius 3 is 0.981 bits per heavy atom. The maximum atomic E-state index is 10.8. The first-order valence-electron chi connectivity index (χ1n) is 18.5. The van der Waals surface area contributed by atoms with Crippen LogP contribution in [0.5, 0.6) is 5.75 Å². The Balaban J connectivity index is 1.57. The second kappa shape index (κ2) is 15.3. The van der Waals surface area contributed by atoms with Gasteiger partial charge in [-0.25, -0.2) is 0 Å². The predicted octanol–water partition coefficient (Wildman–Crippen LogP) is 10.8. The second-order valence-electron chi connectivity index (χ2n) is 14.6. The van der Waals surface area contributed by atoms with Crippen molar-refractivity contribution in [3.05, 3.63) is 208 Å². The first-order valence-corrected chi connectivity index (χ1v) is 22.1. The normalized spacial score (nSPS) is 11.8. The van der Waals surface area contributed by atoms with Crippen molar-refractivity contribution in [3.8, 4) is 5.75 Å². The number of rotatable bonds is 10. The van der Waals surface area contributed by atoms with Gasteiger partial charge in [-0.15, -0.1) is 0 Å². The van der Waals surface area contributed by atoms with Crippen molar-refractivity contribution in [2.75, 3.05) is 0 Å². The van der Waals surface area contributed by atoms with E-state index in [0.717, 1.165) is 82.1 Å². The molecule has 0 radical (unpaired) electrons. The smallest absolute Gasteiger partial charge is 0.150 e. The lowest BCUT2D eigenvalue weighted by Gasteiger charge is -2.33. The molecule has 0 aromatic heterocycles. The molecule has 0 unspecified atom stereocenters. The summed E-state index contributed by atoms with van der Waals surface area (Å²) in [5.41, 5.74) is 8.74. The molecule has 0 aliphatic heterocycles. The van der Waals surface area contributed by atoms with E-state index in [1.54, 1.807) is 0 Å². The average Bonchev–Trinajstić information content (AvgIpc) is 3.18. The van der Waals surface area contributed by atoms with Gasteiger partial charge in [0.25, 0.3) is 0 Å². The average molecular weight is 743 g/mol. The van der Waals surface area contributed by atoms with Crippen LogP contribution in [-0.4, -0.2) is 0 Å². The first kappa shape index (κ1) is 37.1. The van der Waals surface area contributed by atoms with Crippen molar-refractivity contribution in [1.82, 2.24) is 0 Å². The molecule has 5 heteroatoms. The summed E-state index contributed by atoms with van der Waals surface area (Å²) in [6.45, 7) is 12.6. The zero-order valence-corrected chi connectivity index (χ0v) is 33.8. The van der Waals surface area contributed by atoms with Gasteiger partial charge >= 0.3 is 0 Å². The van der Waals surface area contributed by atoms with E-state index in [-0.39, 0.29) is 0 Å². The summed E-state index contributed by atoms with van der Waals surface area (Å²) in [6, 6.07) is 57.2. The van der Waals surface area contributed by atoms with Crippen LogP contribution in [0.3, 0.4) is 0 Å². The van der Waals surface area contributed by atoms with Crippen molar-refractivity contribution in [2.24, 2.45) is 0 Å². The molecule has 270 valence electrons. The number of ether oxygens (including phenoxy) is 1. The predicted molar refractivity (Wildman–Crippen MR) is 233 cm³/mol. The third-order valence-electron chi connectivity index (χ3n) is 10.3. The molecule has 0 bridgehead atoms. The van der Waals surface area contributed by atoms with Crippen LogP contribution in [0.1, 0.15) is 50.6 Å². The molecular formula is C49H48N2OP2. The third kappa shape index (κ3) is 7.20. The maximum Gasteiger partial charge on any atom is 0.150 e. The minimum absolute atomic E-state index is 0.613. The van der Waals surface area contributed by atoms with Crippen LogP contribution >= 0.6 is 14.1 Å². The molecule has 0 saturated heterocycles. The van der Waals surface area contributed by atoms with Gasteiger partial charge in [-0.3, -0.25) is 0 Å². The number of hydrogen-bond acceptors (Lipinski definition) is 3. The fourth-order valence-corrected chi connectivity index (χ4v) is 13.1. The van der Waals surface area contributed by atoms with Crippen LogP contribution in [0.2, 0.25) is 0 Å². The van der Waals surface area contributed by atoms with Gasteiger partial charge in [-0.2, -0.15) is 0 Å². The summed E-state index contributed by atoms with van der Waals surface area (Å²) in [7, 11) is -5.93. The lowest BCUT2D eigenvalue weighted by Crippen LogP contribution is -2.33. The molecule has 0 amide bonds. The molecule has 0 spiro atoms. The van der Waals surface area contributed by atoms with Crippen LogP contribution in [0.15, 0.2) is 164 Å². The largest absolute Gasteiger partial charge is 0.481 e. The van der Waals surface area contributed by atoms with Crippen molar-refractivity contribution < 1.29 is 4.74 Å². The van der Waals surface area contributed by atoms with Crippen LogP contribution in [0, 0.1) is 51.9 Å². The van der Waals surface area contributed by atoms with Crippen molar-refractivity contribution in [2.45, 2.75) is 47.6 Å². The molecular weight excluding hydrogens is 694 g/mol. The molecule has 0 heterocycles. The first-order chi connectivity index (χ1) is 26.0. The highest BCUT2D eigenvalue weighted by atomic mass is 31.2. The number of nitrogens with one attached hydrogen (secondary N) is 2. The second-order valence-corrected chi connectivity index (χ2v) is 20.3. The Morgan fingerprint density at radius 2 is 0.667 bits per heavy atom. The summed E-state index contributed by atoms with van der Waals surface area (Å²) in [6.07, 6.45) is -0.613. The quantitative estimate of drug-likeness (QED) is 0.135. The van der Waals surface area contributed by atoms with Gasteiger partial charge in [0.15, 0.2) is 6.10 Å². The Bertz CT molecular complexity index is 2250. The Hall–Kier alpha value is -5.20. The van der Waals surface area contributed by atoms with E-state index in [4.69, 9.17) is 4.74 Å². The fraction of sp³-hybridized carbons (Fsp3) is 0.143. The Labute approximate surface area is 321 Å². The fourth-order valence-electron chi connectivity index (χ4n) is 7.24. The van der Waals surface area contributed by atoms with Crippen LogP contribution in [-0.2, 0) is 0 Å². The van der Waals surface area contributed by atoms with Crippen molar-refractivity contribution >= 4 is 45.9 Å². The highest BCUT2D eigenvalue weighted by Crippen LogP contribution is 2.49. The zero-order valence-electron chi connectivity index (χ0n) is 32.0. The number of benzene rings is 7. The molecule has 0 atom stereocenters.